The van der Waals surface area contributed by atoms with Crippen LogP contribution in [-0.4, -0.2) is 26.0 Å². The van der Waals surface area contributed by atoms with Crippen molar-refractivity contribution in [3.63, 3.8) is 0 Å². The zero-order chi connectivity index (χ0) is 7.82. The van der Waals surface area contributed by atoms with Crippen LogP contribution in [-0.2, 0) is 9.47 Å². The molecule has 1 N–H and O–H groups in total. The molecule has 0 aromatic carbocycles. The fourth-order valence-electron chi connectivity index (χ4n) is 0.600. The van der Waals surface area contributed by atoms with Crippen LogP contribution in [0.1, 0.15) is 13.8 Å². The molecule has 0 amide bonds. The first-order chi connectivity index (χ1) is 4.85. The summed E-state index contributed by atoms with van der Waals surface area (Å²) in [5.41, 5.74) is 6.55. The third-order valence-corrected chi connectivity index (χ3v) is 0.945. The molecule has 0 aliphatic carbocycles. The van der Waals surface area contributed by atoms with Gasteiger partial charge in [-0.25, -0.2) is 5.53 Å². The molecule has 0 aliphatic heterocycles. The van der Waals surface area contributed by atoms with Crippen LogP contribution in [0.15, 0.2) is 5.11 Å². The summed E-state index contributed by atoms with van der Waals surface area (Å²) in [6.45, 7) is 5.26. The summed E-state index contributed by atoms with van der Waals surface area (Å²) in [6.07, 6.45) is -0.326. The second-order valence-electron chi connectivity index (χ2n) is 1.68. The highest BCUT2D eigenvalue weighted by Crippen LogP contribution is 1.94. The molecule has 0 aliphatic rings. The quantitative estimate of drug-likeness (QED) is 0.455. The van der Waals surface area contributed by atoms with Gasteiger partial charge in [0.2, 0.25) is 0 Å². The average molecular weight is 146 g/mol. The summed E-state index contributed by atoms with van der Waals surface area (Å²) >= 11 is 0. The Bertz CT molecular complexity index is 81.8. The molecule has 10 heavy (non-hydrogen) atoms. The Morgan fingerprint density at radius 1 is 1.30 bits per heavy atom. The first-order valence-electron chi connectivity index (χ1n) is 3.41. The van der Waals surface area contributed by atoms with Gasteiger partial charge in [-0.3, -0.25) is 0 Å². The van der Waals surface area contributed by atoms with E-state index in [9.17, 15) is 0 Å². The zero-order valence-corrected chi connectivity index (χ0v) is 6.46. The van der Waals surface area contributed by atoms with Gasteiger partial charge in [0.25, 0.3) is 0 Å². The highest BCUT2D eigenvalue weighted by atomic mass is 16.7. The fraction of sp³-hybridized carbons (Fsp3) is 1.00. The van der Waals surface area contributed by atoms with Gasteiger partial charge in [-0.1, -0.05) is 0 Å². The molecule has 4 nitrogen and oxygen atoms in total. The van der Waals surface area contributed by atoms with E-state index in [1.165, 1.54) is 0 Å². The van der Waals surface area contributed by atoms with E-state index in [2.05, 4.69) is 5.11 Å². The van der Waals surface area contributed by atoms with E-state index >= 15 is 0 Å². The molecule has 0 bridgehead atoms. The first-order valence-corrected chi connectivity index (χ1v) is 3.41. The Labute approximate surface area is 61.0 Å². The maximum Gasteiger partial charge on any atom is 0.178 e. The van der Waals surface area contributed by atoms with Crippen molar-refractivity contribution in [2.24, 2.45) is 5.11 Å². The predicted molar refractivity (Wildman–Crippen MR) is 37.1 cm³/mol. The standard InChI is InChI=1S/C6H14N2O2/c1-3-9-6(5-8-7)10-4-2/h6-7H,3-5H2,1-2H3. The monoisotopic (exact) mass is 146 g/mol. The van der Waals surface area contributed by atoms with E-state index in [1.807, 2.05) is 13.8 Å². The van der Waals surface area contributed by atoms with Crippen molar-refractivity contribution in [2.75, 3.05) is 19.8 Å². The third-order valence-electron chi connectivity index (χ3n) is 0.945. The Morgan fingerprint density at radius 2 is 1.80 bits per heavy atom. The van der Waals surface area contributed by atoms with Crippen molar-refractivity contribution >= 4 is 0 Å². The van der Waals surface area contributed by atoms with E-state index < -0.39 is 0 Å². The lowest BCUT2D eigenvalue weighted by Gasteiger charge is -2.12. The van der Waals surface area contributed by atoms with Crippen molar-refractivity contribution in [2.45, 2.75) is 20.1 Å². The SMILES string of the molecule is CCOC(CN=N)OCC. The highest BCUT2D eigenvalue weighted by molar-refractivity contribution is 4.43. The largest absolute Gasteiger partial charge is 0.351 e. The number of nitrogens with one attached hydrogen (secondary N) is 1. The predicted octanol–water partition coefficient (Wildman–Crippen LogP) is 1.42. The van der Waals surface area contributed by atoms with Gasteiger partial charge in [0.15, 0.2) is 6.29 Å². The van der Waals surface area contributed by atoms with Gasteiger partial charge in [-0.15, -0.1) is 0 Å². The molecule has 0 aromatic rings. The maximum atomic E-state index is 6.55. The number of hydrogen-bond donors (Lipinski definition) is 1. The normalized spacial score (nSPS) is 10.3. The van der Waals surface area contributed by atoms with Crippen molar-refractivity contribution < 1.29 is 9.47 Å². The lowest BCUT2D eigenvalue weighted by Crippen LogP contribution is -2.20. The molecular weight excluding hydrogens is 132 g/mol. The van der Waals surface area contributed by atoms with Gasteiger partial charge in [0, 0.05) is 13.2 Å². The van der Waals surface area contributed by atoms with Crippen molar-refractivity contribution in [3.8, 4) is 0 Å². The minimum atomic E-state index is -0.326. The van der Waals surface area contributed by atoms with Gasteiger partial charge < -0.3 is 9.47 Å². The van der Waals surface area contributed by atoms with Crippen LogP contribution in [0.25, 0.3) is 0 Å². The summed E-state index contributed by atoms with van der Waals surface area (Å²) in [7, 11) is 0. The van der Waals surface area contributed by atoms with Gasteiger partial charge in [-0.2, -0.15) is 5.11 Å². The molecule has 60 valence electrons. The first kappa shape index (κ1) is 9.52. The van der Waals surface area contributed by atoms with E-state index in [4.69, 9.17) is 15.0 Å². The highest BCUT2D eigenvalue weighted by Gasteiger charge is 2.04. The zero-order valence-electron chi connectivity index (χ0n) is 6.46. The summed E-state index contributed by atoms with van der Waals surface area (Å²) in [5.74, 6) is 0. The number of rotatable bonds is 6. The van der Waals surface area contributed by atoms with Crippen molar-refractivity contribution in [1.82, 2.24) is 0 Å². The summed E-state index contributed by atoms with van der Waals surface area (Å²) in [4.78, 5) is 0. The van der Waals surface area contributed by atoms with Crippen LogP contribution < -0.4 is 0 Å². The van der Waals surface area contributed by atoms with Crippen LogP contribution in [0.4, 0.5) is 0 Å². The van der Waals surface area contributed by atoms with Gasteiger partial charge in [-0.05, 0) is 13.8 Å². The van der Waals surface area contributed by atoms with Gasteiger partial charge >= 0.3 is 0 Å². The lowest BCUT2D eigenvalue weighted by atomic mass is 10.6. The van der Waals surface area contributed by atoms with Crippen LogP contribution in [0.3, 0.4) is 0 Å². The van der Waals surface area contributed by atoms with E-state index in [0.717, 1.165) is 0 Å². The van der Waals surface area contributed by atoms with Crippen LogP contribution >= 0.6 is 0 Å². The minimum Gasteiger partial charge on any atom is -0.351 e. The topological polar surface area (TPSA) is 54.7 Å². The molecule has 0 atom stereocenters. The molecule has 0 radical (unpaired) electrons. The maximum absolute atomic E-state index is 6.55. The second kappa shape index (κ2) is 6.64. The Balaban J connectivity index is 3.38. The summed E-state index contributed by atoms with van der Waals surface area (Å²) < 4.78 is 10.2. The fourth-order valence-corrected chi connectivity index (χ4v) is 0.600. The number of nitrogens with zero attached hydrogens (tertiary/aromatic N) is 1. The third kappa shape index (κ3) is 4.40. The molecule has 0 saturated carbocycles. The molecule has 0 spiro atoms. The Hall–Kier alpha value is -0.480. The van der Waals surface area contributed by atoms with E-state index in [0.29, 0.717) is 19.8 Å². The smallest absolute Gasteiger partial charge is 0.178 e. The Kier molecular flexibility index (Phi) is 6.32. The lowest BCUT2D eigenvalue weighted by molar-refractivity contribution is -0.129. The van der Waals surface area contributed by atoms with Gasteiger partial charge in [0.05, 0.1) is 0 Å². The van der Waals surface area contributed by atoms with Crippen molar-refractivity contribution in [1.29, 1.82) is 5.53 Å². The van der Waals surface area contributed by atoms with E-state index in [1.54, 1.807) is 0 Å². The van der Waals surface area contributed by atoms with Crippen molar-refractivity contribution in [3.05, 3.63) is 0 Å². The van der Waals surface area contributed by atoms with E-state index in [-0.39, 0.29) is 6.29 Å². The van der Waals surface area contributed by atoms with Crippen LogP contribution in [0.5, 0.6) is 0 Å². The molecular formula is C6H14N2O2. The molecule has 0 heterocycles. The van der Waals surface area contributed by atoms with Gasteiger partial charge in [0.1, 0.15) is 6.54 Å². The molecule has 0 fully saturated rings. The number of ether oxygens (including phenoxy) is 2. The number of hydrogen-bond acceptors (Lipinski definition) is 4. The minimum absolute atomic E-state index is 0.293. The average Bonchev–Trinajstić information content (AvgIpc) is 1.90. The second-order valence-corrected chi connectivity index (χ2v) is 1.68. The molecule has 4 heteroatoms. The van der Waals surface area contributed by atoms with Crippen LogP contribution in [0, 0.1) is 5.53 Å². The molecule has 0 rings (SSSR count). The Morgan fingerprint density at radius 3 is 2.10 bits per heavy atom. The molecule has 0 saturated heterocycles. The molecule has 0 aromatic heterocycles. The summed E-state index contributed by atoms with van der Waals surface area (Å²) in [6, 6.07) is 0. The summed E-state index contributed by atoms with van der Waals surface area (Å²) in [5, 5.41) is 3.17. The van der Waals surface area contributed by atoms with Crippen LogP contribution in [0.2, 0.25) is 0 Å². The molecule has 0 unspecified atom stereocenters.